The number of piperazine rings is 1. The van der Waals surface area contributed by atoms with Gasteiger partial charge in [-0.2, -0.15) is 4.31 Å². The van der Waals surface area contributed by atoms with Gasteiger partial charge in [0.1, 0.15) is 23.2 Å². The minimum absolute atomic E-state index is 0.230. The molecule has 0 amide bonds. The van der Waals surface area contributed by atoms with E-state index in [0.717, 1.165) is 37.6 Å². The first-order valence-electron chi connectivity index (χ1n) is 11.0. The number of hydrogen-bond donors (Lipinski definition) is 3. The van der Waals surface area contributed by atoms with Crippen LogP contribution in [0.25, 0.3) is 0 Å². The van der Waals surface area contributed by atoms with E-state index in [0.29, 0.717) is 37.7 Å². The van der Waals surface area contributed by atoms with Crippen molar-refractivity contribution in [3.63, 3.8) is 0 Å². The molecule has 0 spiro atoms. The topological polar surface area (TPSA) is 133 Å². The zero-order chi connectivity index (χ0) is 28.1. The highest BCUT2D eigenvalue weighted by atomic mass is 32.2. The summed E-state index contributed by atoms with van der Waals surface area (Å²) in [6.07, 6.45) is 0. The number of halogens is 1. The molecule has 1 aliphatic rings. The van der Waals surface area contributed by atoms with E-state index >= 15 is 0 Å². The number of benzene rings is 2. The molecule has 9 nitrogen and oxygen atoms in total. The summed E-state index contributed by atoms with van der Waals surface area (Å²) in [7, 11) is -2.59. The van der Waals surface area contributed by atoms with Crippen molar-refractivity contribution in [1.82, 2.24) is 9.62 Å². The van der Waals surface area contributed by atoms with Crippen molar-refractivity contribution >= 4 is 22.8 Å². The van der Waals surface area contributed by atoms with Crippen LogP contribution in [0.5, 0.6) is 11.5 Å². The molecular weight excluding hydrogens is 491 g/mol. The molecule has 0 aliphatic carbocycles. The summed E-state index contributed by atoms with van der Waals surface area (Å²) in [5.74, 6) is -0.403. The van der Waals surface area contributed by atoms with Crippen LogP contribution < -0.4 is 10.1 Å². The maximum absolute atomic E-state index is 13.1. The van der Waals surface area contributed by atoms with Crippen LogP contribution in [0.4, 0.5) is 4.39 Å². The standard InChI is InChI=1S/C19H24N2O3S.C4H7FO2.CH4O.CH2O/c1-14-4-5-18(24-17-11-15(2)10-16(3)12-17)19(13-14)25(22,23)21-8-6-20-7-9-21;1-4(2,5)3(6)7;2*1-2/h4-5,10-13,20H,6-9H2,1-3H3;1-2H3,(H,6,7);2H,1H3;1H2. The van der Waals surface area contributed by atoms with Crippen molar-refractivity contribution in [3.05, 3.63) is 53.1 Å². The lowest BCUT2D eigenvalue weighted by atomic mass is 10.1. The van der Waals surface area contributed by atoms with Crippen LogP contribution in [-0.4, -0.2) is 74.7 Å². The number of aryl methyl sites for hydroxylation is 3. The van der Waals surface area contributed by atoms with Gasteiger partial charge in [-0.3, -0.25) is 0 Å². The van der Waals surface area contributed by atoms with Crippen LogP contribution in [-0.2, 0) is 19.6 Å². The van der Waals surface area contributed by atoms with Crippen molar-refractivity contribution in [1.29, 1.82) is 0 Å². The number of rotatable bonds is 5. The maximum atomic E-state index is 13.1. The van der Waals surface area contributed by atoms with Crippen LogP contribution in [0.15, 0.2) is 41.3 Å². The third-order valence-corrected chi connectivity index (χ3v) is 6.64. The van der Waals surface area contributed by atoms with Crippen molar-refractivity contribution in [2.75, 3.05) is 33.3 Å². The minimum Gasteiger partial charge on any atom is -0.479 e. The normalized spacial score (nSPS) is 13.6. The first-order chi connectivity index (χ1) is 16.8. The Morgan fingerprint density at radius 1 is 1.00 bits per heavy atom. The maximum Gasteiger partial charge on any atom is 0.340 e. The summed E-state index contributed by atoms with van der Waals surface area (Å²) in [6.45, 7) is 12.1. The summed E-state index contributed by atoms with van der Waals surface area (Å²) < 4.78 is 45.6. The Balaban J connectivity index is 0.000000952. The molecule has 0 unspecified atom stereocenters. The predicted octanol–water partition coefficient (Wildman–Crippen LogP) is 3.24. The molecule has 1 saturated heterocycles. The summed E-state index contributed by atoms with van der Waals surface area (Å²) in [5.41, 5.74) is 0.962. The lowest BCUT2D eigenvalue weighted by Gasteiger charge is -2.27. The number of alkyl halides is 1. The van der Waals surface area contributed by atoms with E-state index in [4.69, 9.17) is 19.7 Å². The number of aliphatic hydroxyl groups excluding tert-OH is 1. The Morgan fingerprint density at radius 2 is 1.47 bits per heavy atom. The second-order valence-corrected chi connectivity index (χ2v) is 10.2. The van der Waals surface area contributed by atoms with Gasteiger partial charge >= 0.3 is 5.97 Å². The highest BCUT2D eigenvalue weighted by molar-refractivity contribution is 7.89. The van der Waals surface area contributed by atoms with Gasteiger partial charge in [-0.05, 0) is 75.6 Å². The van der Waals surface area contributed by atoms with Crippen molar-refractivity contribution in [3.8, 4) is 11.5 Å². The number of ether oxygens (including phenoxy) is 1. The number of hydrogen-bond acceptors (Lipinski definition) is 7. The fourth-order valence-corrected chi connectivity index (χ4v) is 4.68. The predicted molar refractivity (Wildman–Crippen MR) is 137 cm³/mol. The van der Waals surface area contributed by atoms with Crippen LogP contribution in [0.2, 0.25) is 0 Å². The Labute approximate surface area is 213 Å². The number of carboxylic acid groups (broad SMARTS) is 1. The molecule has 1 aliphatic heterocycles. The molecule has 11 heteroatoms. The number of carbonyl (C=O) groups excluding carboxylic acids is 1. The van der Waals surface area contributed by atoms with E-state index in [-0.39, 0.29) is 4.90 Å². The summed E-state index contributed by atoms with van der Waals surface area (Å²) >= 11 is 0. The van der Waals surface area contributed by atoms with Gasteiger partial charge in [0.25, 0.3) is 0 Å². The second-order valence-electron chi connectivity index (χ2n) is 8.31. The number of aliphatic carboxylic acids is 1. The number of nitrogens with one attached hydrogen (secondary N) is 1. The van der Waals surface area contributed by atoms with Crippen LogP contribution in [0.3, 0.4) is 0 Å². The van der Waals surface area contributed by atoms with Gasteiger partial charge in [0.05, 0.1) is 0 Å². The van der Waals surface area contributed by atoms with Gasteiger partial charge < -0.3 is 25.1 Å². The highest BCUT2D eigenvalue weighted by Gasteiger charge is 2.29. The summed E-state index contributed by atoms with van der Waals surface area (Å²) in [5, 5.41) is 18.1. The number of carbonyl (C=O) groups is 2. The monoisotopic (exact) mass is 528 g/mol. The average Bonchev–Trinajstić information content (AvgIpc) is 2.82. The van der Waals surface area contributed by atoms with Gasteiger partial charge in [-0.1, -0.05) is 12.1 Å². The molecule has 0 bridgehead atoms. The van der Waals surface area contributed by atoms with Crippen LogP contribution in [0, 0.1) is 20.8 Å². The smallest absolute Gasteiger partial charge is 0.340 e. The SMILES string of the molecule is C=O.CC(C)(F)C(=O)O.CO.Cc1cc(C)cc(Oc2ccc(C)cc2S(=O)(=O)N2CCNCC2)c1. The van der Waals surface area contributed by atoms with E-state index in [9.17, 15) is 17.6 Å². The molecular formula is C25H37FN2O7S. The van der Waals surface area contributed by atoms with E-state index in [2.05, 4.69) is 11.4 Å². The largest absolute Gasteiger partial charge is 0.479 e. The molecule has 2 aromatic rings. The zero-order valence-corrected chi connectivity index (χ0v) is 22.5. The molecule has 0 atom stereocenters. The van der Waals surface area contributed by atoms with Crippen LogP contribution in [0.1, 0.15) is 30.5 Å². The van der Waals surface area contributed by atoms with Crippen molar-refractivity contribution in [2.24, 2.45) is 0 Å². The van der Waals surface area contributed by atoms with Gasteiger partial charge in [0.2, 0.25) is 15.7 Å². The third-order valence-electron chi connectivity index (χ3n) is 4.72. The van der Waals surface area contributed by atoms with Gasteiger partial charge in [-0.25, -0.2) is 17.6 Å². The molecule has 1 heterocycles. The average molecular weight is 529 g/mol. The van der Waals surface area contributed by atoms with Crippen molar-refractivity contribution in [2.45, 2.75) is 45.2 Å². The van der Waals surface area contributed by atoms with Gasteiger partial charge in [0, 0.05) is 33.3 Å². The molecule has 2 aromatic carbocycles. The van der Waals surface area contributed by atoms with Crippen LogP contribution >= 0.6 is 0 Å². The van der Waals surface area contributed by atoms with Gasteiger partial charge in [-0.15, -0.1) is 0 Å². The summed E-state index contributed by atoms with van der Waals surface area (Å²) in [6, 6.07) is 11.2. The molecule has 1 fully saturated rings. The molecule has 3 rings (SSSR count). The first kappa shape index (κ1) is 33.1. The number of nitrogens with zero attached hydrogens (tertiary/aromatic N) is 1. The Morgan fingerprint density at radius 3 is 1.92 bits per heavy atom. The zero-order valence-electron chi connectivity index (χ0n) is 21.7. The Kier molecular flexibility index (Phi) is 14.1. The molecule has 3 N–H and O–H groups in total. The fourth-order valence-electron chi connectivity index (χ4n) is 3.04. The van der Waals surface area contributed by atoms with Gasteiger partial charge in [0.15, 0.2) is 0 Å². The summed E-state index contributed by atoms with van der Waals surface area (Å²) in [4.78, 5) is 17.9. The molecule has 202 valence electrons. The fraction of sp³-hybridized carbons (Fsp3) is 0.440. The third kappa shape index (κ3) is 10.4. The first-order valence-corrected chi connectivity index (χ1v) is 12.5. The lowest BCUT2D eigenvalue weighted by molar-refractivity contribution is -0.148. The minimum atomic E-state index is -3.59. The molecule has 0 radical (unpaired) electrons. The second kappa shape index (κ2) is 15.3. The molecule has 0 aromatic heterocycles. The van der Waals surface area contributed by atoms with E-state index in [1.807, 2.05) is 45.8 Å². The lowest BCUT2D eigenvalue weighted by Crippen LogP contribution is -2.46. The highest BCUT2D eigenvalue weighted by Crippen LogP contribution is 2.32. The van der Waals surface area contributed by atoms with Crippen molar-refractivity contribution < 1.29 is 37.3 Å². The number of aliphatic hydroxyl groups is 1. The molecule has 0 saturated carbocycles. The molecule has 36 heavy (non-hydrogen) atoms. The number of carboxylic acids is 1. The number of sulfonamides is 1. The van der Waals surface area contributed by atoms with E-state index in [1.54, 1.807) is 12.1 Å². The van der Waals surface area contributed by atoms with E-state index < -0.39 is 21.7 Å². The Bertz CT molecular complexity index is 1060. The Hall–Kier alpha value is -2.86. The van der Waals surface area contributed by atoms with E-state index in [1.165, 1.54) is 4.31 Å². The quantitative estimate of drug-likeness (QED) is 0.539.